The van der Waals surface area contributed by atoms with Gasteiger partial charge < -0.3 is 20.1 Å². The third-order valence-electron chi connectivity index (χ3n) is 4.40. The molecule has 0 bridgehead atoms. The van der Waals surface area contributed by atoms with Crippen LogP contribution in [0.5, 0.6) is 5.75 Å². The molecule has 5 heteroatoms. The number of carbonyl (C=O) groups excluding carboxylic acids is 1. The van der Waals surface area contributed by atoms with Crippen LogP contribution >= 0.6 is 0 Å². The van der Waals surface area contributed by atoms with Gasteiger partial charge in [0.25, 0.3) is 5.91 Å². The molecule has 0 unspecified atom stereocenters. The SMILES string of the molecule is CC1(C)Oc2ccc(CNC3CC3)cc2N(CCCCO)C1=O. The van der Waals surface area contributed by atoms with Gasteiger partial charge in [0.2, 0.25) is 0 Å². The first-order valence-corrected chi connectivity index (χ1v) is 8.49. The molecule has 1 saturated carbocycles. The van der Waals surface area contributed by atoms with Crippen molar-refractivity contribution in [3.8, 4) is 5.75 Å². The summed E-state index contributed by atoms with van der Waals surface area (Å²) in [6.07, 6.45) is 3.99. The van der Waals surface area contributed by atoms with Gasteiger partial charge >= 0.3 is 0 Å². The lowest BCUT2D eigenvalue weighted by atomic mass is 10.0. The highest BCUT2D eigenvalue weighted by Gasteiger charge is 2.40. The van der Waals surface area contributed by atoms with E-state index in [4.69, 9.17) is 9.84 Å². The van der Waals surface area contributed by atoms with Gasteiger partial charge in [0, 0.05) is 25.7 Å². The maximum atomic E-state index is 12.7. The minimum absolute atomic E-state index is 0.0183. The van der Waals surface area contributed by atoms with Crippen LogP contribution in [0.1, 0.15) is 45.1 Å². The van der Waals surface area contributed by atoms with Crippen LogP contribution < -0.4 is 15.0 Å². The molecule has 1 fully saturated rings. The summed E-state index contributed by atoms with van der Waals surface area (Å²) in [4.78, 5) is 14.5. The Labute approximate surface area is 137 Å². The molecule has 2 N–H and O–H groups in total. The molecule has 3 rings (SSSR count). The number of unbranched alkanes of at least 4 members (excludes halogenated alkanes) is 1. The Hall–Kier alpha value is -1.59. The first-order chi connectivity index (χ1) is 11.0. The summed E-state index contributed by atoms with van der Waals surface area (Å²) in [6, 6.07) is 6.73. The molecule has 1 aromatic carbocycles. The summed E-state index contributed by atoms with van der Waals surface area (Å²) in [6.45, 7) is 5.19. The van der Waals surface area contributed by atoms with Crippen molar-refractivity contribution in [3.05, 3.63) is 23.8 Å². The standard InChI is InChI=1S/C18H26N2O3/c1-18(2)17(22)20(9-3-4-10-21)15-11-13(5-8-16(15)23-18)12-19-14-6-7-14/h5,8,11,14,19,21H,3-4,6-7,9-10,12H2,1-2H3. The number of amides is 1. The molecule has 0 radical (unpaired) electrons. The molecule has 23 heavy (non-hydrogen) atoms. The first-order valence-electron chi connectivity index (χ1n) is 8.49. The quantitative estimate of drug-likeness (QED) is 0.757. The first kappa shape index (κ1) is 16.3. The molecule has 1 aromatic rings. The second-order valence-corrected chi connectivity index (χ2v) is 6.96. The molecular weight excluding hydrogens is 292 g/mol. The van der Waals surface area contributed by atoms with Crippen molar-refractivity contribution in [3.63, 3.8) is 0 Å². The lowest BCUT2D eigenvalue weighted by molar-refractivity contribution is -0.132. The summed E-state index contributed by atoms with van der Waals surface area (Å²) in [5, 5.41) is 12.5. The average Bonchev–Trinajstić information content (AvgIpc) is 3.33. The van der Waals surface area contributed by atoms with Gasteiger partial charge in [-0.1, -0.05) is 6.07 Å². The second-order valence-electron chi connectivity index (χ2n) is 6.96. The van der Waals surface area contributed by atoms with Gasteiger partial charge in [-0.15, -0.1) is 0 Å². The predicted octanol–water partition coefficient (Wildman–Crippen LogP) is 2.22. The molecule has 0 saturated heterocycles. The van der Waals surface area contributed by atoms with Gasteiger partial charge in [-0.25, -0.2) is 0 Å². The van der Waals surface area contributed by atoms with Gasteiger partial charge in [-0.05, 0) is 57.2 Å². The van der Waals surface area contributed by atoms with Crippen LogP contribution in [0.3, 0.4) is 0 Å². The number of aliphatic hydroxyl groups is 1. The van der Waals surface area contributed by atoms with Crippen LogP contribution in [0.4, 0.5) is 5.69 Å². The normalized spacial score (nSPS) is 19.4. The Balaban J connectivity index is 1.82. The Morgan fingerprint density at radius 3 is 2.83 bits per heavy atom. The van der Waals surface area contributed by atoms with Crippen LogP contribution in [0.2, 0.25) is 0 Å². The minimum Gasteiger partial charge on any atom is -0.476 e. The number of ether oxygens (including phenoxy) is 1. The van der Waals surface area contributed by atoms with Crippen molar-refractivity contribution in [2.24, 2.45) is 0 Å². The van der Waals surface area contributed by atoms with Crippen LogP contribution in [0, 0.1) is 0 Å². The Bertz CT molecular complexity index is 582. The van der Waals surface area contributed by atoms with E-state index in [9.17, 15) is 4.79 Å². The molecule has 1 aliphatic carbocycles. The van der Waals surface area contributed by atoms with Gasteiger partial charge in [0.1, 0.15) is 5.75 Å². The zero-order chi connectivity index (χ0) is 16.4. The van der Waals surface area contributed by atoms with Gasteiger partial charge in [-0.3, -0.25) is 4.79 Å². The number of aliphatic hydroxyl groups excluding tert-OH is 1. The summed E-state index contributed by atoms with van der Waals surface area (Å²) < 4.78 is 5.90. The fourth-order valence-corrected chi connectivity index (χ4v) is 2.88. The van der Waals surface area contributed by atoms with Gasteiger partial charge in [0.15, 0.2) is 5.60 Å². The van der Waals surface area contributed by atoms with Crippen LogP contribution in [0.25, 0.3) is 0 Å². The van der Waals surface area contributed by atoms with E-state index in [0.29, 0.717) is 19.0 Å². The van der Waals surface area contributed by atoms with E-state index < -0.39 is 5.60 Å². The Kier molecular flexibility index (Phi) is 4.60. The maximum absolute atomic E-state index is 12.7. The molecule has 0 atom stereocenters. The van der Waals surface area contributed by atoms with E-state index in [1.54, 1.807) is 13.8 Å². The van der Waals surface area contributed by atoms with Crippen LogP contribution in [0.15, 0.2) is 18.2 Å². The van der Waals surface area contributed by atoms with Crippen molar-refractivity contribution < 1.29 is 14.6 Å². The van der Waals surface area contributed by atoms with Crippen molar-refractivity contribution in [2.45, 2.75) is 57.7 Å². The third-order valence-corrected chi connectivity index (χ3v) is 4.40. The number of hydrogen-bond donors (Lipinski definition) is 2. The predicted molar refractivity (Wildman–Crippen MR) is 89.7 cm³/mol. The molecule has 1 heterocycles. The molecular formula is C18H26N2O3. The second kappa shape index (κ2) is 6.49. The molecule has 1 aliphatic heterocycles. The number of rotatable bonds is 7. The Morgan fingerprint density at radius 2 is 2.13 bits per heavy atom. The highest BCUT2D eigenvalue weighted by Crippen LogP contribution is 2.38. The summed E-state index contributed by atoms with van der Waals surface area (Å²) >= 11 is 0. The molecule has 0 aromatic heterocycles. The monoisotopic (exact) mass is 318 g/mol. The highest BCUT2D eigenvalue weighted by molar-refractivity contribution is 6.02. The van der Waals surface area contributed by atoms with E-state index in [-0.39, 0.29) is 12.5 Å². The lowest BCUT2D eigenvalue weighted by Gasteiger charge is -2.39. The number of hydrogen-bond acceptors (Lipinski definition) is 4. The van der Waals surface area contributed by atoms with Crippen molar-refractivity contribution in [1.82, 2.24) is 5.32 Å². The van der Waals surface area contributed by atoms with Crippen LogP contribution in [-0.4, -0.2) is 35.8 Å². The van der Waals surface area contributed by atoms with E-state index in [1.807, 2.05) is 11.0 Å². The number of fused-ring (bicyclic) bond motifs is 1. The summed E-state index contributed by atoms with van der Waals surface area (Å²) in [5.74, 6) is 0.740. The van der Waals surface area contributed by atoms with E-state index in [2.05, 4.69) is 17.4 Å². The van der Waals surface area contributed by atoms with E-state index in [1.165, 1.54) is 18.4 Å². The zero-order valence-corrected chi connectivity index (χ0v) is 14.0. The van der Waals surface area contributed by atoms with Crippen molar-refractivity contribution >= 4 is 11.6 Å². The molecule has 1 amide bonds. The van der Waals surface area contributed by atoms with E-state index in [0.717, 1.165) is 24.4 Å². The van der Waals surface area contributed by atoms with E-state index >= 15 is 0 Å². The highest BCUT2D eigenvalue weighted by atomic mass is 16.5. The summed E-state index contributed by atoms with van der Waals surface area (Å²) in [5.41, 5.74) is 1.17. The Morgan fingerprint density at radius 1 is 1.35 bits per heavy atom. The number of nitrogens with zero attached hydrogens (tertiary/aromatic N) is 1. The smallest absolute Gasteiger partial charge is 0.270 e. The number of benzene rings is 1. The molecule has 5 nitrogen and oxygen atoms in total. The van der Waals surface area contributed by atoms with Crippen molar-refractivity contribution in [2.75, 3.05) is 18.1 Å². The fraction of sp³-hybridized carbons (Fsp3) is 0.611. The molecule has 126 valence electrons. The zero-order valence-electron chi connectivity index (χ0n) is 14.0. The largest absolute Gasteiger partial charge is 0.476 e. The van der Waals surface area contributed by atoms with Crippen LogP contribution in [-0.2, 0) is 11.3 Å². The van der Waals surface area contributed by atoms with Crippen molar-refractivity contribution in [1.29, 1.82) is 0 Å². The topological polar surface area (TPSA) is 61.8 Å². The number of carbonyl (C=O) groups is 1. The van der Waals surface area contributed by atoms with Gasteiger partial charge in [0.05, 0.1) is 5.69 Å². The third kappa shape index (κ3) is 3.67. The molecule has 0 spiro atoms. The van der Waals surface area contributed by atoms with Gasteiger partial charge in [-0.2, -0.15) is 0 Å². The number of nitrogens with one attached hydrogen (secondary N) is 1. The molecule has 2 aliphatic rings. The number of anilines is 1. The minimum atomic E-state index is -0.847. The average molecular weight is 318 g/mol. The fourth-order valence-electron chi connectivity index (χ4n) is 2.88. The summed E-state index contributed by atoms with van der Waals surface area (Å²) in [7, 11) is 0. The lowest BCUT2D eigenvalue weighted by Crippen LogP contribution is -2.52. The maximum Gasteiger partial charge on any atom is 0.270 e.